The number of nitrogens with zero attached hydrogens (tertiary/aromatic N) is 2. The van der Waals surface area contributed by atoms with Gasteiger partial charge in [0.25, 0.3) is 0 Å². The van der Waals surface area contributed by atoms with Crippen LogP contribution in [0.4, 0.5) is 0 Å². The van der Waals surface area contributed by atoms with E-state index in [4.69, 9.17) is 9.47 Å². The number of H-pyrrole nitrogens is 1. The van der Waals surface area contributed by atoms with Crippen LogP contribution in [0.5, 0.6) is 5.75 Å². The predicted molar refractivity (Wildman–Crippen MR) is 86.2 cm³/mol. The summed E-state index contributed by atoms with van der Waals surface area (Å²) in [4.78, 5) is 23.4. The maximum absolute atomic E-state index is 11.6. The minimum absolute atomic E-state index is 0.217. The molecule has 0 aliphatic carbocycles. The Balaban J connectivity index is 1.94. The van der Waals surface area contributed by atoms with Gasteiger partial charge < -0.3 is 14.5 Å². The number of esters is 1. The van der Waals surface area contributed by atoms with Crippen molar-refractivity contribution in [2.75, 3.05) is 13.7 Å². The van der Waals surface area contributed by atoms with Crippen LogP contribution >= 0.6 is 0 Å². The molecule has 1 N–H and O–H groups in total. The number of hydrogen-bond acceptors (Lipinski definition) is 5. The monoisotopic (exact) mass is 311 g/mol. The molecule has 6 heteroatoms. The van der Waals surface area contributed by atoms with E-state index < -0.39 is 0 Å². The third-order valence-corrected chi connectivity index (χ3v) is 3.46. The second-order valence-electron chi connectivity index (χ2n) is 4.99. The van der Waals surface area contributed by atoms with Gasteiger partial charge in [0.2, 0.25) is 0 Å². The SMILES string of the molecule is CCOC(=O)Cc1ccc(-c2nc3cnccc3[nH]2)c(OC)c1. The third-order valence-electron chi connectivity index (χ3n) is 3.46. The average molecular weight is 311 g/mol. The van der Waals surface area contributed by atoms with E-state index in [0.29, 0.717) is 18.2 Å². The topological polar surface area (TPSA) is 77.1 Å². The second-order valence-corrected chi connectivity index (χ2v) is 4.99. The zero-order valence-electron chi connectivity index (χ0n) is 13.0. The van der Waals surface area contributed by atoms with Gasteiger partial charge in [-0.3, -0.25) is 9.78 Å². The summed E-state index contributed by atoms with van der Waals surface area (Å²) >= 11 is 0. The Labute approximate surface area is 133 Å². The van der Waals surface area contributed by atoms with Crippen LogP contribution in [0, 0.1) is 0 Å². The molecule has 0 unspecified atom stereocenters. The summed E-state index contributed by atoms with van der Waals surface area (Å²) in [6, 6.07) is 7.46. The third kappa shape index (κ3) is 3.15. The number of carbonyl (C=O) groups excluding carboxylic acids is 1. The van der Waals surface area contributed by atoms with Crippen LogP contribution in [0.25, 0.3) is 22.4 Å². The minimum Gasteiger partial charge on any atom is -0.496 e. The number of aromatic nitrogens is 3. The van der Waals surface area contributed by atoms with Crippen LogP contribution < -0.4 is 4.74 Å². The summed E-state index contributed by atoms with van der Waals surface area (Å²) in [7, 11) is 1.59. The first-order valence-electron chi connectivity index (χ1n) is 7.34. The fourth-order valence-corrected chi connectivity index (χ4v) is 2.40. The predicted octanol–water partition coefficient (Wildman–Crippen LogP) is 2.74. The molecule has 1 aromatic carbocycles. The van der Waals surface area contributed by atoms with Crippen molar-refractivity contribution in [1.82, 2.24) is 15.0 Å². The van der Waals surface area contributed by atoms with Crippen molar-refractivity contribution in [2.45, 2.75) is 13.3 Å². The maximum Gasteiger partial charge on any atom is 0.310 e. The molecule has 2 heterocycles. The van der Waals surface area contributed by atoms with Crippen molar-refractivity contribution < 1.29 is 14.3 Å². The van der Waals surface area contributed by atoms with Crippen LogP contribution in [0.3, 0.4) is 0 Å². The Hall–Kier alpha value is -2.89. The van der Waals surface area contributed by atoms with E-state index in [2.05, 4.69) is 15.0 Å². The van der Waals surface area contributed by atoms with Gasteiger partial charge in [0, 0.05) is 6.20 Å². The lowest BCUT2D eigenvalue weighted by Crippen LogP contribution is -2.07. The van der Waals surface area contributed by atoms with E-state index in [1.807, 2.05) is 24.3 Å². The van der Waals surface area contributed by atoms with Crippen LogP contribution in [-0.2, 0) is 16.0 Å². The molecular weight excluding hydrogens is 294 g/mol. The Morgan fingerprint density at radius 2 is 2.17 bits per heavy atom. The van der Waals surface area contributed by atoms with Crippen molar-refractivity contribution in [3.63, 3.8) is 0 Å². The van der Waals surface area contributed by atoms with E-state index in [0.717, 1.165) is 22.2 Å². The molecule has 0 saturated carbocycles. The van der Waals surface area contributed by atoms with Crippen molar-refractivity contribution in [1.29, 1.82) is 0 Å². The molecule has 0 aliphatic rings. The molecule has 0 aliphatic heterocycles. The Bertz CT molecular complexity index is 809. The molecule has 3 rings (SSSR count). The quantitative estimate of drug-likeness (QED) is 0.733. The number of rotatable bonds is 5. The van der Waals surface area contributed by atoms with Gasteiger partial charge in [-0.2, -0.15) is 0 Å². The zero-order valence-corrected chi connectivity index (χ0v) is 13.0. The first-order valence-corrected chi connectivity index (χ1v) is 7.34. The molecule has 0 radical (unpaired) electrons. The molecule has 0 spiro atoms. The standard InChI is InChI=1S/C17H17N3O3/c1-3-23-16(21)9-11-4-5-12(15(8-11)22-2)17-19-13-6-7-18-10-14(13)20-17/h4-8,10H,3,9H2,1-2H3,(H,19,20). The first-order chi connectivity index (χ1) is 11.2. The van der Waals surface area contributed by atoms with Gasteiger partial charge in [0.05, 0.1) is 37.4 Å². The highest BCUT2D eigenvalue weighted by atomic mass is 16.5. The summed E-state index contributed by atoms with van der Waals surface area (Å²) in [5.74, 6) is 1.10. The largest absolute Gasteiger partial charge is 0.496 e. The van der Waals surface area contributed by atoms with Gasteiger partial charge in [0.1, 0.15) is 17.1 Å². The van der Waals surface area contributed by atoms with E-state index in [1.165, 1.54) is 0 Å². The molecule has 23 heavy (non-hydrogen) atoms. The van der Waals surface area contributed by atoms with Crippen LogP contribution in [-0.4, -0.2) is 34.6 Å². The fraction of sp³-hybridized carbons (Fsp3) is 0.235. The Morgan fingerprint density at radius 1 is 1.30 bits per heavy atom. The molecule has 0 saturated heterocycles. The van der Waals surface area contributed by atoms with Crippen LogP contribution in [0.2, 0.25) is 0 Å². The smallest absolute Gasteiger partial charge is 0.310 e. The van der Waals surface area contributed by atoms with Gasteiger partial charge in [-0.05, 0) is 30.7 Å². The Morgan fingerprint density at radius 3 is 2.91 bits per heavy atom. The number of nitrogens with one attached hydrogen (secondary N) is 1. The second kappa shape index (κ2) is 6.48. The number of pyridine rings is 1. The number of fused-ring (bicyclic) bond motifs is 1. The lowest BCUT2D eigenvalue weighted by molar-refractivity contribution is -0.142. The van der Waals surface area contributed by atoms with Gasteiger partial charge in [-0.25, -0.2) is 4.98 Å². The highest BCUT2D eigenvalue weighted by Crippen LogP contribution is 2.30. The van der Waals surface area contributed by atoms with Gasteiger partial charge in [-0.1, -0.05) is 6.07 Å². The van der Waals surface area contributed by atoms with E-state index in [-0.39, 0.29) is 12.4 Å². The number of ether oxygens (including phenoxy) is 2. The molecule has 0 bridgehead atoms. The number of aromatic amines is 1. The van der Waals surface area contributed by atoms with E-state index in [9.17, 15) is 4.79 Å². The minimum atomic E-state index is -0.253. The first kappa shape index (κ1) is 15.0. The summed E-state index contributed by atoms with van der Waals surface area (Å²) < 4.78 is 10.4. The van der Waals surface area contributed by atoms with Gasteiger partial charge in [0.15, 0.2) is 0 Å². The van der Waals surface area contributed by atoms with E-state index in [1.54, 1.807) is 26.4 Å². The molecule has 0 amide bonds. The molecule has 0 atom stereocenters. The van der Waals surface area contributed by atoms with Crippen molar-refractivity contribution in [3.8, 4) is 17.1 Å². The van der Waals surface area contributed by atoms with Gasteiger partial charge in [-0.15, -0.1) is 0 Å². The summed E-state index contributed by atoms with van der Waals surface area (Å²) in [5.41, 5.74) is 3.37. The number of hydrogen-bond donors (Lipinski definition) is 1. The summed E-state index contributed by atoms with van der Waals surface area (Å²) in [6.45, 7) is 2.17. The van der Waals surface area contributed by atoms with Gasteiger partial charge >= 0.3 is 5.97 Å². The maximum atomic E-state index is 11.6. The number of benzene rings is 1. The van der Waals surface area contributed by atoms with E-state index >= 15 is 0 Å². The fourth-order valence-electron chi connectivity index (χ4n) is 2.40. The lowest BCUT2D eigenvalue weighted by atomic mass is 10.1. The normalized spacial score (nSPS) is 10.7. The molecular formula is C17H17N3O3. The number of methoxy groups -OCH3 is 1. The molecule has 3 aromatic rings. The molecule has 2 aromatic heterocycles. The van der Waals surface area contributed by atoms with Crippen molar-refractivity contribution in [3.05, 3.63) is 42.2 Å². The Kier molecular flexibility index (Phi) is 4.23. The van der Waals surface area contributed by atoms with Crippen LogP contribution in [0.15, 0.2) is 36.7 Å². The highest BCUT2D eigenvalue weighted by molar-refractivity contribution is 5.80. The summed E-state index contributed by atoms with van der Waals surface area (Å²) in [6.07, 6.45) is 3.63. The zero-order chi connectivity index (χ0) is 16.2. The lowest BCUT2D eigenvalue weighted by Gasteiger charge is -2.09. The average Bonchev–Trinajstić information content (AvgIpc) is 2.98. The number of imidazole rings is 1. The summed E-state index contributed by atoms with van der Waals surface area (Å²) in [5, 5.41) is 0. The molecule has 118 valence electrons. The highest BCUT2D eigenvalue weighted by Gasteiger charge is 2.13. The van der Waals surface area contributed by atoms with Crippen molar-refractivity contribution >= 4 is 17.0 Å². The number of carbonyl (C=O) groups is 1. The molecule has 6 nitrogen and oxygen atoms in total. The van der Waals surface area contributed by atoms with Crippen molar-refractivity contribution in [2.24, 2.45) is 0 Å². The van der Waals surface area contributed by atoms with Crippen LogP contribution in [0.1, 0.15) is 12.5 Å². The molecule has 0 fully saturated rings.